The number of ether oxygens (including phenoxy) is 1. The highest BCUT2D eigenvalue weighted by atomic mass is 19.4. The van der Waals surface area contributed by atoms with Crippen molar-refractivity contribution in [3.8, 4) is 5.88 Å². The maximum atomic E-state index is 13.7. The van der Waals surface area contributed by atoms with Gasteiger partial charge in [0.2, 0.25) is 5.88 Å². The molecule has 0 aliphatic rings. The Labute approximate surface area is 130 Å². The second kappa shape index (κ2) is 4.84. The number of benzene rings is 1. The Balaban J connectivity index is 2.58. The normalized spacial score (nSPS) is 13.0. The lowest BCUT2D eigenvalue weighted by Gasteiger charge is -2.23. The topological polar surface area (TPSA) is 39.9 Å². The fourth-order valence-electron chi connectivity index (χ4n) is 2.64. The first-order chi connectivity index (χ1) is 10.6. The molecule has 0 atom stereocenters. The van der Waals surface area contributed by atoms with E-state index < -0.39 is 17.4 Å². The third-order valence-electron chi connectivity index (χ3n) is 3.58. The molecule has 3 rings (SSSR count). The third kappa shape index (κ3) is 2.40. The van der Waals surface area contributed by atoms with Gasteiger partial charge in [-0.1, -0.05) is 18.2 Å². The molecule has 0 bridgehead atoms. The molecule has 0 spiro atoms. The molecule has 3 aromatic rings. The lowest BCUT2D eigenvalue weighted by molar-refractivity contribution is -0.144. The van der Waals surface area contributed by atoms with E-state index in [9.17, 15) is 13.2 Å². The molecule has 122 valence electrons. The molecule has 7 heteroatoms. The molecule has 2 heterocycles. The first-order valence-electron chi connectivity index (χ1n) is 7.07. The number of nitrogens with zero attached hydrogens (tertiary/aromatic N) is 3. The number of halogens is 3. The average molecular weight is 323 g/mol. The summed E-state index contributed by atoms with van der Waals surface area (Å²) in [6, 6.07) is 6.95. The van der Waals surface area contributed by atoms with Crippen LogP contribution in [0.5, 0.6) is 5.88 Å². The molecular formula is C16H16F3N3O. The van der Waals surface area contributed by atoms with Gasteiger partial charge in [0.25, 0.3) is 0 Å². The summed E-state index contributed by atoms with van der Waals surface area (Å²) in [5.74, 6) is -0.0680. The van der Waals surface area contributed by atoms with Crippen molar-refractivity contribution in [2.45, 2.75) is 32.5 Å². The highest BCUT2D eigenvalue weighted by Crippen LogP contribution is 2.42. The molecule has 0 unspecified atom stereocenters. The summed E-state index contributed by atoms with van der Waals surface area (Å²) in [7, 11) is 1.31. The van der Waals surface area contributed by atoms with Gasteiger partial charge in [0, 0.05) is 5.39 Å². The van der Waals surface area contributed by atoms with E-state index >= 15 is 0 Å². The van der Waals surface area contributed by atoms with E-state index in [-0.39, 0.29) is 16.8 Å². The van der Waals surface area contributed by atoms with Gasteiger partial charge in [-0.25, -0.2) is 4.98 Å². The van der Waals surface area contributed by atoms with Gasteiger partial charge in [0.15, 0.2) is 5.69 Å². The summed E-state index contributed by atoms with van der Waals surface area (Å²) in [5, 5.41) is 4.73. The van der Waals surface area contributed by atoms with Crippen molar-refractivity contribution in [3.05, 3.63) is 30.0 Å². The molecule has 0 aliphatic carbocycles. The zero-order chi connectivity index (χ0) is 17.0. The van der Waals surface area contributed by atoms with E-state index in [1.807, 2.05) is 0 Å². The predicted octanol–water partition coefficient (Wildman–Crippen LogP) is 4.37. The van der Waals surface area contributed by atoms with Crippen molar-refractivity contribution in [2.24, 2.45) is 0 Å². The zero-order valence-electron chi connectivity index (χ0n) is 13.2. The van der Waals surface area contributed by atoms with Crippen LogP contribution in [0.1, 0.15) is 26.5 Å². The lowest BCUT2D eigenvalue weighted by atomic mass is 10.1. The van der Waals surface area contributed by atoms with E-state index in [4.69, 9.17) is 4.74 Å². The van der Waals surface area contributed by atoms with Crippen LogP contribution in [-0.2, 0) is 11.7 Å². The molecule has 1 aromatic carbocycles. The third-order valence-corrected chi connectivity index (χ3v) is 3.58. The van der Waals surface area contributed by atoms with E-state index in [0.717, 1.165) is 4.68 Å². The van der Waals surface area contributed by atoms with Crippen LogP contribution in [0, 0.1) is 0 Å². The van der Waals surface area contributed by atoms with Crippen LogP contribution in [0.4, 0.5) is 13.2 Å². The van der Waals surface area contributed by atoms with E-state index in [1.165, 1.54) is 7.11 Å². The van der Waals surface area contributed by atoms with Crippen molar-refractivity contribution in [1.29, 1.82) is 0 Å². The molecule has 23 heavy (non-hydrogen) atoms. The average Bonchev–Trinajstić information content (AvgIpc) is 2.87. The van der Waals surface area contributed by atoms with Crippen molar-refractivity contribution in [2.75, 3.05) is 7.11 Å². The van der Waals surface area contributed by atoms with Gasteiger partial charge in [-0.3, -0.25) is 4.68 Å². The van der Waals surface area contributed by atoms with Crippen LogP contribution in [-0.4, -0.2) is 21.9 Å². The number of fused-ring (bicyclic) bond motifs is 3. The van der Waals surface area contributed by atoms with Crippen LogP contribution in [0.3, 0.4) is 0 Å². The molecule has 4 nitrogen and oxygen atoms in total. The van der Waals surface area contributed by atoms with E-state index in [2.05, 4.69) is 10.1 Å². The quantitative estimate of drug-likeness (QED) is 0.668. The number of para-hydroxylation sites is 1. The number of pyridine rings is 1. The Morgan fingerprint density at radius 3 is 2.30 bits per heavy atom. The van der Waals surface area contributed by atoms with E-state index in [1.54, 1.807) is 45.0 Å². The number of methoxy groups -OCH3 is 1. The second-order valence-corrected chi connectivity index (χ2v) is 6.29. The Hall–Kier alpha value is -2.31. The van der Waals surface area contributed by atoms with Crippen LogP contribution in [0.15, 0.2) is 24.3 Å². The standard InChI is InChI=1S/C16H16F3N3O/c1-15(2,3)22-13(16(17,18)19)11-12(21-22)9-7-5-6-8-10(9)20-14(11)23-4/h5-8H,1-4H3. The Morgan fingerprint density at radius 1 is 1.09 bits per heavy atom. The molecule has 0 saturated heterocycles. The van der Waals surface area contributed by atoms with Gasteiger partial charge in [0.05, 0.1) is 23.6 Å². The number of alkyl halides is 3. The zero-order valence-corrected chi connectivity index (χ0v) is 13.2. The van der Waals surface area contributed by atoms with Gasteiger partial charge < -0.3 is 4.74 Å². The van der Waals surface area contributed by atoms with Gasteiger partial charge in [-0.15, -0.1) is 0 Å². The first kappa shape index (κ1) is 15.6. The Morgan fingerprint density at radius 2 is 1.74 bits per heavy atom. The molecule has 0 aliphatic heterocycles. The number of aromatic nitrogens is 3. The lowest BCUT2D eigenvalue weighted by Crippen LogP contribution is -2.28. The monoisotopic (exact) mass is 323 g/mol. The molecule has 0 amide bonds. The molecular weight excluding hydrogens is 307 g/mol. The van der Waals surface area contributed by atoms with Crippen LogP contribution in [0.25, 0.3) is 21.8 Å². The van der Waals surface area contributed by atoms with Gasteiger partial charge >= 0.3 is 6.18 Å². The smallest absolute Gasteiger partial charge is 0.433 e. The molecule has 0 saturated carbocycles. The summed E-state index contributed by atoms with van der Waals surface area (Å²) in [4.78, 5) is 4.22. The van der Waals surface area contributed by atoms with E-state index in [0.29, 0.717) is 10.9 Å². The van der Waals surface area contributed by atoms with Crippen molar-refractivity contribution < 1.29 is 17.9 Å². The van der Waals surface area contributed by atoms with Crippen molar-refractivity contribution in [3.63, 3.8) is 0 Å². The molecule has 0 radical (unpaired) electrons. The summed E-state index contributed by atoms with van der Waals surface area (Å²) in [6.07, 6.45) is -4.57. The molecule has 0 N–H and O–H groups in total. The largest absolute Gasteiger partial charge is 0.480 e. The van der Waals surface area contributed by atoms with Crippen LogP contribution in [0.2, 0.25) is 0 Å². The number of hydrogen-bond acceptors (Lipinski definition) is 3. The maximum absolute atomic E-state index is 13.7. The highest BCUT2D eigenvalue weighted by molar-refractivity contribution is 6.06. The first-order valence-corrected chi connectivity index (χ1v) is 7.07. The summed E-state index contributed by atoms with van der Waals surface area (Å²) in [5.41, 5.74) is -0.885. The Bertz CT molecular complexity index is 891. The van der Waals surface area contributed by atoms with Crippen LogP contribution < -0.4 is 4.74 Å². The summed E-state index contributed by atoms with van der Waals surface area (Å²) < 4.78 is 47.3. The van der Waals surface area contributed by atoms with Gasteiger partial charge in [-0.2, -0.15) is 18.3 Å². The van der Waals surface area contributed by atoms with Crippen LogP contribution >= 0.6 is 0 Å². The Kier molecular flexibility index (Phi) is 3.28. The summed E-state index contributed by atoms with van der Waals surface area (Å²) in [6.45, 7) is 5.03. The second-order valence-electron chi connectivity index (χ2n) is 6.29. The van der Waals surface area contributed by atoms with Gasteiger partial charge in [-0.05, 0) is 26.8 Å². The number of hydrogen-bond donors (Lipinski definition) is 0. The minimum Gasteiger partial charge on any atom is -0.480 e. The minimum absolute atomic E-state index is 0.0680. The highest BCUT2D eigenvalue weighted by Gasteiger charge is 2.42. The predicted molar refractivity (Wildman–Crippen MR) is 81.6 cm³/mol. The fraction of sp³-hybridized carbons (Fsp3) is 0.375. The maximum Gasteiger partial charge on any atom is 0.433 e. The van der Waals surface area contributed by atoms with Crippen molar-refractivity contribution >= 4 is 21.8 Å². The summed E-state index contributed by atoms with van der Waals surface area (Å²) >= 11 is 0. The molecule has 2 aromatic heterocycles. The molecule has 0 fully saturated rings. The van der Waals surface area contributed by atoms with Gasteiger partial charge in [0.1, 0.15) is 5.52 Å². The number of rotatable bonds is 1. The van der Waals surface area contributed by atoms with Crippen molar-refractivity contribution in [1.82, 2.24) is 14.8 Å². The minimum atomic E-state index is -4.57. The fourth-order valence-corrected chi connectivity index (χ4v) is 2.64. The SMILES string of the molecule is COc1nc2ccccc2c2nn(C(C)(C)C)c(C(F)(F)F)c12.